The molecule has 0 aromatic carbocycles. The minimum atomic E-state index is -1.77. The number of aromatic nitrogens is 4. The van der Waals surface area contributed by atoms with Crippen molar-refractivity contribution in [3.8, 4) is 0 Å². The number of aromatic amines is 2. The molecule has 0 saturated heterocycles. The van der Waals surface area contributed by atoms with E-state index in [1.54, 1.807) is 0 Å². The molecule has 0 saturated carbocycles. The predicted octanol–water partition coefficient (Wildman–Crippen LogP) is -3.80. The second-order valence-electron chi connectivity index (χ2n) is 21.8. The Morgan fingerprint density at radius 2 is 0.750 bits per heavy atom. The third kappa shape index (κ3) is 26.6. The van der Waals surface area contributed by atoms with E-state index in [1.807, 2.05) is 41.5 Å². The lowest BCUT2D eigenvalue weighted by Crippen LogP contribution is -2.61. The lowest BCUT2D eigenvalue weighted by molar-refractivity contribution is -0.142. The smallest absolute Gasteiger partial charge is 0.326 e. The van der Waals surface area contributed by atoms with Crippen LogP contribution in [0.1, 0.15) is 130 Å². The SMILES string of the molecule is CC[C@H](C)[C@H](N)C(=O)N[C@@H](CC(C)C)C(=O)N[C@@H](CC(C)C)C(=O)N[C@@H](CCCCN)C(=O)N[C@@H](CCCCN)C(=O)N[C@@H](Cc1cnc[nH]1)C(=O)N[C@@H](CCCCN)C(=O)N[C@@H](CO)C(=O)N[C@@H](CO)C(=O)N[C@@H](Cc1cnc[nH]1)C(=O)O. The van der Waals surface area contributed by atoms with Crippen molar-refractivity contribution >= 4 is 59.1 Å². The van der Waals surface area contributed by atoms with Crippen LogP contribution in [0.2, 0.25) is 0 Å². The molecule has 0 radical (unpaired) electrons. The maximum atomic E-state index is 14.5. The highest BCUT2D eigenvalue weighted by Gasteiger charge is 2.36. The van der Waals surface area contributed by atoms with Gasteiger partial charge >= 0.3 is 5.97 Å². The Kier molecular flexibility index (Phi) is 34.3. The van der Waals surface area contributed by atoms with Crippen LogP contribution in [0.4, 0.5) is 0 Å². The normalized spacial score (nSPS) is 15.3. The second-order valence-corrected chi connectivity index (χ2v) is 21.8. The number of aliphatic hydroxyl groups excluding tert-OH is 2. The van der Waals surface area contributed by atoms with E-state index < -0.39 is 133 Å². The molecule has 84 heavy (non-hydrogen) atoms. The van der Waals surface area contributed by atoms with Crippen LogP contribution in [0.3, 0.4) is 0 Å². The molecule has 0 bridgehead atoms. The third-order valence-electron chi connectivity index (χ3n) is 13.8. The minimum absolute atomic E-state index is 0.0190. The van der Waals surface area contributed by atoms with Gasteiger partial charge in [-0.1, -0.05) is 48.0 Å². The van der Waals surface area contributed by atoms with E-state index >= 15 is 0 Å². The van der Waals surface area contributed by atoms with E-state index in [0.717, 1.165) is 0 Å². The molecule has 0 aliphatic carbocycles. The molecule has 30 nitrogen and oxygen atoms in total. The van der Waals surface area contributed by atoms with Crippen molar-refractivity contribution in [1.82, 2.24) is 67.8 Å². The van der Waals surface area contributed by atoms with Gasteiger partial charge in [0.2, 0.25) is 53.2 Å². The monoisotopic (exact) mass is 1190 g/mol. The number of H-pyrrole nitrogens is 2. The number of carbonyl (C=O) groups excluding carboxylic acids is 9. The van der Waals surface area contributed by atoms with Gasteiger partial charge in [0, 0.05) is 36.6 Å². The molecule has 22 N–H and O–H groups in total. The zero-order valence-electron chi connectivity index (χ0n) is 49.4. The van der Waals surface area contributed by atoms with Crippen molar-refractivity contribution in [3.63, 3.8) is 0 Å². The molecule has 0 spiro atoms. The first kappa shape index (κ1) is 73.0. The van der Waals surface area contributed by atoms with E-state index in [9.17, 15) is 63.3 Å². The standard InChI is InChI=1S/C54H95N17O13/c1-7-32(6)44(58)53(82)68-39(21-31(4)5)49(78)66-38(20-30(2)3)48(77)64-35(14-8-11-17-55)45(74)63-36(15-9-12-18-56)46(75)67-40(22-33-24-59-28-61-33)50(79)65-37(16-10-13-19-57)47(76)70-43(27-73)52(81)71-42(26-72)51(80)69-41(54(83)84)23-34-25-60-29-62-34/h24-25,28-32,35-44,72-73H,7-23,26-27,55-58H2,1-6H3,(H,59,61)(H,60,62)(H,63,74)(H,64,77)(H,65,79)(H,66,78)(H,67,75)(H,68,82)(H,69,80)(H,70,76)(H,71,81)(H,83,84)/t32-,35-,36-,37-,38-,39-,40-,41-,42-,43-,44-/m0/s1. The predicted molar refractivity (Wildman–Crippen MR) is 309 cm³/mol. The molecule has 0 aliphatic heterocycles. The largest absolute Gasteiger partial charge is 0.480 e. The number of unbranched alkanes of at least 4 members (excludes halogenated alkanes) is 3. The number of carboxylic acids is 1. The number of nitrogens with one attached hydrogen (secondary N) is 11. The molecule has 2 heterocycles. The Balaban J connectivity index is 2.43. The molecule has 9 amide bonds. The molecule has 0 fully saturated rings. The summed E-state index contributed by atoms with van der Waals surface area (Å²) in [4.78, 5) is 151. The third-order valence-corrected chi connectivity index (χ3v) is 13.8. The summed E-state index contributed by atoms with van der Waals surface area (Å²) in [5.41, 5.74) is 24.3. The quantitative estimate of drug-likeness (QED) is 0.0283. The summed E-state index contributed by atoms with van der Waals surface area (Å²) in [7, 11) is 0. The fraction of sp³-hybridized carbons (Fsp3) is 0.704. The number of aliphatic carboxylic acids is 1. The van der Waals surface area contributed by atoms with Gasteiger partial charge in [0.25, 0.3) is 0 Å². The maximum absolute atomic E-state index is 14.5. The molecular weight excluding hydrogens is 1090 g/mol. The van der Waals surface area contributed by atoms with Crippen molar-refractivity contribution in [3.05, 3.63) is 36.4 Å². The van der Waals surface area contributed by atoms with E-state index in [2.05, 4.69) is 67.8 Å². The number of amides is 9. The molecular formula is C54H95N17O13. The Hall–Kier alpha value is -7.12. The van der Waals surface area contributed by atoms with E-state index in [1.165, 1.54) is 25.0 Å². The highest BCUT2D eigenvalue weighted by molar-refractivity contribution is 5.98. The zero-order chi connectivity index (χ0) is 62.9. The lowest BCUT2D eigenvalue weighted by Gasteiger charge is -2.29. The average molecular weight is 1190 g/mol. The summed E-state index contributed by atoms with van der Waals surface area (Å²) in [5, 5.41) is 53.2. The Bertz CT molecular complexity index is 2340. The van der Waals surface area contributed by atoms with Gasteiger partial charge in [0.1, 0.15) is 54.4 Å². The van der Waals surface area contributed by atoms with Gasteiger partial charge in [-0.25, -0.2) is 14.8 Å². The summed E-state index contributed by atoms with van der Waals surface area (Å²) in [6.07, 6.45) is 8.27. The summed E-state index contributed by atoms with van der Waals surface area (Å²) in [6, 6.07) is -13.5. The van der Waals surface area contributed by atoms with Crippen molar-refractivity contribution in [2.24, 2.45) is 40.7 Å². The van der Waals surface area contributed by atoms with Crippen molar-refractivity contribution in [2.75, 3.05) is 32.8 Å². The highest BCUT2D eigenvalue weighted by Crippen LogP contribution is 2.14. The van der Waals surface area contributed by atoms with E-state index in [4.69, 9.17) is 22.9 Å². The van der Waals surface area contributed by atoms with Crippen molar-refractivity contribution in [2.45, 2.75) is 192 Å². The van der Waals surface area contributed by atoms with Crippen molar-refractivity contribution in [1.29, 1.82) is 0 Å². The van der Waals surface area contributed by atoms with Crippen LogP contribution in [-0.2, 0) is 60.8 Å². The number of nitrogens with zero attached hydrogens (tertiary/aromatic N) is 2. The Morgan fingerprint density at radius 3 is 1.07 bits per heavy atom. The first-order valence-corrected chi connectivity index (χ1v) is 28.9. The molecule has 0 aliphatic rings. The van der Waals surface area contributed by atoms with E-state index in [0.29, 0.717) is 49.9 Å². The summed E-state index contributed by atoms with van der Waals surface area (Å²) in [6.45, 7) is 9.85. The topological polar surface area (TPSA) is 501 Å². The molecule has 2 aromatic heterocycles. The lowest BCUT2D eigenvalue weighted by atomic mass is 9.97. The summed E-state index contributed by atoms with van der Waals surface area (Å²) in [5.74, 6) is -9.30. The first-order valence-electron chi connectivity index (χ1n) is 28.9. The number of hydrogen-bond acceptors (Lipinski definition) is 18. The van der Waals surface area contributed by atoms with Gasteiger partial charge in [-0.05, 0) is 108 Å². The van der Waals surface area contributed by atoms with Gasteiger partial charge in [0.15, 0.2) is 0 Å². The van der Waals surface area contributed by atoms with Gasteiger partial charge in [-0.15, -0.1) is 0 Å². The molecule has 11 atom stereocenters. The van der Waals surface area contributed by atoms with Crippen LogP contribution >= 0.6 is 0 Å². The van der Waals surface area contributed by atoms with E-state index in [-0.39, 0.29) is 88.8 Å². The second kappa shape index (κ2) is 39.4. The van der Waals surface area contributed by atoms with Crippen LogP contribution in [0.25, 0.3) is 0 Å². The number of nitrogens with two attached hydrogens (primary N) is 4. The summed E-state index contributed by atoms with van der Waals surface area (Å²) >= 11 is 0. The number of hydrogen-bond donors (Lipinski definition) is 18. The van der Waals surface area contributed by atoms with Crippen LogP contribution in [0, 0.1) is 17.8 Å². The zero-order valence-corrected chi connectivity index (χ0v) is 49.4. The van der Waals surface area contributed by atoms with Crippen LogP contribution in [-0.4, -0.2) is 188 Å². The van der Waals surface area contributed by atoms with Gasteiger partial charge in [-0.2, -0.15) is 0 Å². The maximum Gasteiger partial charge on any atom is 0.326 e. The number of carbonyl (C=O) groups is 10. The van der Waals surface area contributed by atoms with Crippen LogP contribution in [0.15, 0.2) is 25.0 Å². The van der Waals surface area contributed by atoms with Gasteiger partial charge in [0.05, 0.1) is 31.9 Å². The first-order chi connectivity index (χ1) is 39.9. The van der Waals surface area contributed by atoms with Crippen molar-refractivity contribution < 1.29 is 63.3 Å². The molecule has 0 unspecified atom stereocenters. The van der Waals surface area contributed by atoms with Gasteiger partial charge in [-0.3, -0.25) is 43.2 Å². The highest BCUT2D eigenvalue weighted by atomic mass is 16.4. The van der Waals surface area contributed by atoms with Crippen LogP contribution in [0.5, 0.6) is 0 Å². The summed E-state index contributed by atoms with van der Waals surface area (Å²) < 4.78 is 0. The number of imidazole rings is 2. The Labute approximate surface area is 490 Å². The average Bonchev–Trinajstić information content (AvgIpc) is 4.20. The molecule has 30 heteroatoms. The Morgan fingerprint density at radius 1 is 0.452 bits per heavy atom. The van der Waals surface area contributed by atoms with Crippen LogP contribution < -0.4 is 70.8 Å². The molecule has 2 aromatic rings. The minimum Gasteiger partial charge on any atom is -0.480 e. The number of aliphatic hydroxyl groups is 2. The number of carboxylic acid groups (broad SMARTS) is 1. The molecule has 2 rings (SSSR count). The fourth-order valence-corrected chi connectivity index (χ4v) is 8.68. The van der Waals surface area contributed by atoms with Gasteiger partial charge < -0.3 is 96.1 Å². The number of rotatable bonds is 43. The molecule has 474 valence electrons. The fourth-order valence-electron chi connectivity index (χ4n) is 8.68.